The number of para-hydroxylation sites is 1. The molecule has 4 rings (SSSR count). The molecule has 0 bridgehead atoms. The summed E-state index contributed by atoms with van der Waals surface area (Å²) in [6.45, 7) is 4.61. The van der Waals surface area contributed by atoms with Crippen LogP contribution < -0.4 is 4.90 Å². The predicted octanol–water partition coefficient (Wildman–Crippen LogP) is 2.52. The van der Waals surface area contributed by atoms with Crippen molar-refractivity contribution in [2.45, 2.75) is 18.9 Å². The molecular formula is C16H19N3. The van der Waals surface area contributed by atoms with Crippen LogP contribution in [0.2, 0.25) is 0 Å². The quantitative estimate of drug-likeness (QED) is 0.820. The number of nitrogens with zero attached hydrogens (tertiary/aromatic N) is 3. The van der Waals surface area contributed by atoms with E-state index in [0.29, 0.717) is 0 Å². The summed E-state index contributed by atoms with van der Waals surface area (Å²) in [4.78, 5) is 9.85. The second-order valence-electron chi connectivity index (χ2n) is 5.62. The van der Waals surface area contributed by atoms with Crippen molar-refractivity contribution in [2.75, 3.05) is 31.1 Å². The first kappa shape index (κ1) is 11.2. The van der Waals surface area contributed by atoms with Crippen LogP contribution >= 0.6 is 0 Å². The highest BCUT2D eigenvalue weighted by atomic mass is 15.3. The summed E-state index contributed by atoms with van der Waals surface area (Å²) in [5, 5.41) is 1.22. The fourth-order valence-corrected chi connectivity index (χ4v) is 2.99. The van der Waals surface area contributed by atoms with Crippen LogP contribution in [0.4, 0.5) is 5.82 Å². The van der Waals surface area contributed by atoms with Crippen molar-refractivity contribution in [1.29, 1.82) is 0 Å². The van der Waals surface area contributed by atoms with Gasteiger partial charge in [0.25, 0.3) is 0 Å². The molecule has 0 radical (unpaired) electrons. The summed E-state index contributed by atoms with van der Waals surface area (Å²) in [6, 6.07) is 13.6. The van der Waals surface area contributed by atoms with Gasteiger partial charge in [-0.05, 0) is 31.0 Å². The van der Waals surface area contributed by atoms with Gasteiger partial charge in [-0.15, -0.1) is 0 Å². The van der Waals surface area contributed by atoms with E-state index in [0.717, 1.165) is 30.5 Å². The molecule has 3 nitrogen and oxygen atoms in total. The summed E-state index contributed by atoms with van der Waals surface area (Å²) in [6.07, 6.45) is 2.82. The second-order valence-corrected chi connectivity index (χ2v) is 5.62. The van der Waals surface area contributed by atoms with E-state index < -0.39 is 0 Å². The SMILES string of the molecule is c1ccc2nc(N3CCN(C4CC4)CC3)ccc2c1. The zero-order valence-corrected chi connectivity index (χ0v) is 11.1. The minimum Gasteiger partial charge on any atom is -0.354 e. The third-order valence-corrected chi connectivity index (χ3v) is 4.29. The fourth-order valence-electron chi connectivity index (χ4n) is 2.99. The number of aromatic nitrogens is 1. The predicted molar refractivity (Wildman–Crippen MR) is 78.6 cm³/mol. The molecule has 1 saturated carbocycles. The molecule has 3 heteroatoms. The Balaban J connectivity index is 1.54. The van der Waals surface area contributed by atoms with Crippen molar-refractivity contribution in [2.24, 2.45) is 0 Å². The summed E-state index contributed by atoms with van der Waals surface area (Å²) in [7, 11) is 0. The number of pyridine rings is 1. The molecule has 1 aromatic carbocycles. The monoisotopic (exact) mass is 253 g/mol. The average Bonchev–Trinajstić information content (AvgIpc) is 3.32. The van der Waals surface area contributed by atoms with E-state index in [1.807, 2.05) is 0 Å². The van der Waals surface area contributed by atoms with Crippen molar-refractivity contribution in [3.8, 4) is 0 Å². The lowest BCUT2D eigenvalue weighted by molar-refractivity contribution is 0.247. The van der Waals surface area contributed by atoms with Crippen LogP contribution in [0, 0.1) is 0 Å². The summed E-state index contributed by atoms with van der Waals surface area (Å²) < 4.78 is 0. The van der Waals surface area contributed by atoms with Crippen LogP contribution in [0.3, 0.4) is 0 Å². The molecule has 0 N–H and O–H groups in total. The summed E-state index contributed by atoms with van der Waals surface area (Å²) in [5.41, 5.74) is 1.10. The number of hydrogen-bond acceptors (Lipinski definition) is 3. The molecule has 19 heavy (non-hydrogen) atoms. The number of fused-ring (bicyclic) bond motifs is 1. The number of anilines is 1. The molecule has 1 saturated heterocycles. The first-order valence-electron chi connectivity index (χ1n) is 7.25. The molecule has 2 heterocycles. The largest absolute Gasteiger partial charge is 0.354 e. The maximum absolute atomic E-state index is 4.79. The molecule has 1 aromatic heterocycles. The minimum atomic E-state index is 0.895. The lowest BCUT2D eigenvalue weighted by atomic mass is 10.2. The first-order chi connectivity index (χ1) is 9.40. The van der Waals surface area contributed by atoms with E-state index in [9.17, 15) is 0 Å². The van der Waals surface area contributed by atoms with E-state index in [-0.39, 0.29) is 0 Å². The highest BCUT2D eigenvalue weighted by Crippen LogP contribution is 2.28. The molecule has 0 spiro atoms. The van der Waals surface area contributed by atoms with Crippen LogP contribution in [0.5, 0.6) is 0 Å². The summed E-state index contributed by atoms with van der Waals surface area (Å²) >= 11 is 0. The van der Waals surface area contributed by atoms with Gasteiger partial charge < -0.3 is 4.90 Å². The highest BCUT2D eigenvalue weighted by Gasteiger charge is 2.31. The molecule has 0 amide bonds. The van der Waals surface area contributed by atoms with Gasteiger partial charge in [0, 0.05) is 37.6 Å². The highest BCUT2D eigenvalue weighted by molar-refractivity contribution is 5.80. The van der Waals surface area contributed by atoms with Crippen molar-refractivity contribution >= 4 is 16.7 Å². The number of hydrogen-bond donors (Lipinski definition) is 0. The van der Waals surface area contributed by atoms with Gasteiger partial charge in [-0.3, -0.25) is 4.90 Å². The van der Waals surface area contributed by atoms with Gasteiger partial charge in [0.15, 0.2) is 0 Å². The van der Waals surface area contributed by atoms with Crippen molar-refractivity contribution < 1.29 is 0 Å². The first-order valence-corrected chi connectivity index (χ1v) is 7.25. The van der Waals surface area contributed by atoms with Crippen LogP contribution in [0.15, 0.2) is 36.4 Å². The van der Waals surface area contributed by atoms with E-state index in [2.05, 4.69) is 46.2 Å². The molecule has 0 atom stereocenters. The zero-order valence-electron chi connectivity index (χ0n) is 11.1. The van der Waals surface area contributed by atoms with Crippen LogP contribution in [0.25, 0.3) is 10.9 Å². The van der Waals surface area contributed by atoms with Gasteiger partial charge in [0.1, 0.15) is 5.82 Å². The number of benzene rings is 1. The topological polar surface area (TPSA) is 19.4 Å². The van der Waals surface area contributed by atoms with Crippen molar-refractivity contribution in [3.05, 3.63) is 36.4 Å². The molecule has 2 aromatic rings. The van der Waals surface area contributed by atoms with Gasteiger partial charge >= 0.3 is 0 Å². The Labute approximate surface area is 113 Å². The molecule has 0 unspecified atom stereocenters. The Bertz CT molecular complexity index is 583. The Hall–Kier alpha value is -1.61. The molecule has 2 fully saturated rings. The lowest BCUT2D eigenvalue weighted by Crippen LogP contribution is -2.47. The van der Waals surface area contributed by atoms with E-state index in [1.54, 1.807) is 0 Å². The van der Waals surface area contributed by atoms with Gasteiger partial charge in [-0.1, -0.05) is 18.2 Å². The molecule has 1 aliphatic carbocycles. The fraction of sp³-hybridized carbons (Fsp3) is 0.438. The molecular weight excluding hydrogens is 234 g/mol. The smallest absolute Gasteiger partial charge is 0.129 e. The Morgan fingerprint density at radius 2 is 1.68 bits per heavy atom. The van der Waals surface area contributed by atoms with Gasteiger partial charge in [0.2, 0.25) is 0 Å². The number of rotatable bonds is 2. The second kappa shape index (κ2) is 4.49. The van der Waals surface area contributed by atoms with E-state index in [1.165, 1.54) is 31.3 Å². The zero-order chi connectivity index (χ0) is 12.7. The van der Waals surface area contributed by atoms with Crippen LogP contribution in [-0.4, -0.2) is 42.1 Å². The van der Waals surface area contributed by atoms with E-state index >= 15 is 0 Å². The van der Waals surface area contributed by atoms with Gasteiger partial charge in [0.05, 0.1) is 5.52 Å². The Morgan fingerprint density at radius 1 is 0.895 bits per heavy atom. The third-order valence-electron chi connectivity index (χ3n) is 4.29. The standard InChI is InChI=1S/C16H19N3/c1-2-4-15-13(3-1)5-8-16(17-15)19-11-9-18(10-12-19)14-6-7-14/h1-5,8,14H,6-7,9-12H2. The van der Waals surface area contributed by atoms with E-state index in [4.69, 9.17) is 4.98 Å². The maximum atomic E-state index is 4.79. The maximum Gasteiger partial charge on any atom is 0.129 e. The van der Waals surface area contributed by atoms with Gasteiger partial charge in [-0.25, -0.2) is 4.98 Å². The minimum absolute atomic E-state index is 0.895. The summed E-state index contributed by atoms with van der Waals surface area (Å²) in [5.74, 6) is 1.13. The molecule has 98 valence electrons. The van der Waals surface area contributed by atoms with Crippen LogP contribution in [0.1, 0.15) is 12.8 Å². The normalized spacial score (nSPS) is 20.9. The third kappa shape index (κ3) is 2.19. The van der Waals surface area contributed by atoms with Crippen molar-refractivity contribution in [1.82, 2.24) is 9.88 Å². The molecule has 2 aliphatic rings. The molecule has 1 aliphatic heterocycles. The van der Waals surface area contributed by atoms with Crippen molar-refractivity contribution in [3.63, 3.8) is 0 Å². The van der Waals surface area contributed by atoms with Crippen LogP contribution in [-0.2, 0) is 0 Å². The Kier molecular flexibility index (Phi) is 2.66. The van der Waals surface area contributed by atoms with Gasteiger partial charge in [-0.2, -0.15) is 0 Å². The average molecular weight is 253 g/mol. The Morgan fingerprint density at radius 3 is 2.47 bits per heavy atom. The number of piperazine rings is 1. The lowest BCUT2D eigenvalue weighted by Gasteiger charge is -2.35.